The van der Waals surface area contributed by atoms with Gasteiger partial charge >= 0.3 is 0 Å². The van der Waals surface area contributed by atoms with E-state index in [1.807, 2.05) is 42.2 Å². The molecule has 138 valence electrons. The number of fused-ring (bicyclic) bond motifs is 1. The zero-order valence-corrected chi connectivity index (χ0v) is 16.2. The van der Waals surface area contributed by atoms with Gasteiger partial charge in [-0.2, -0.15) is 0 Å². The Bertz CT molecular complexity index is 1220. The van der Waals surface area contributed by atoms with Crippen molar-refractivity contribution in [2.24, 2.45) is 0 Å². The molecule has 0 N–H and O–H groups in total. The molecule has 0 saturated carbocycles. The molecule has 0 amide bonds. The van der Waals surface area contributed by atoms with Crippen molar-refractivity contribution in [2.45, 2.75) is 19.9 Å². The standard InChI is InChI=1S/C21H18N6S/c1-2-18-17(14-26-11-9-23-20(26)21-24-10-12-28-21)25-19-7-6-15(13-27(18)19)16-5-3-4-8-22-16/h3-13H,2,14H2,1H3. The second-order valence-electron chi connectivity index (χ2n) is 6.44. The van der Waals surface area contributed by atoms with Crippen LogP contribution in [0.2, 0.25) is 0 Å². The number of hydrogen-bond donors (Lipinski definition) is 0. The summed E-state index contributed by atoms with van der Waals surface area (Å²) >= 11 is 1.59. The molecule has 0 fully saturated rings. The second-order valence-corrected chi connectivity index (χ2v) is 7.33. The maximum absolute atomic E-state index is 4.89. The van der Waals surface area contributed by atoms with Gasteiger partial charge in [0.2, 0.25) is 0 Å². The van der Waals surface area contributed by atoms with E-state index in [4.69, 9.17) is 4.98 Å². The average Bonchev–Trinajstić information content (AvgIpc) is 3.47. The Kier molecular flexibility index (Phi) is 4.21. The Morgan fingerprint density at radius 2 is 1.96 bits per heavy atom. The molecular weight excluding hydrogens is 368 g/mol. The first-order valence-electron chi connectivity index (χ1n) is 9.15. The van der Waals surface area contributed by atoms with E-state index in [1.54, 1.807) is 17.5 Å². The number of imidazole rings is 2. The minimum absolute atomic E-state index is 0.665. The molecule has 0 aromatic carbocycles. The van der Waals surface area contributed by atoms with Crippen LogP contribution in [0.25, 0.3) is 27.7 Å². The highest BCUT2D eigenvalue weighted by atomic mass is 32.1. The molecule has 0 radical (unpaired) electrons. The second kappa shape index (κ2) is 7.01. The number of rotatable bonds is 5. The first kappa shape index (κ1) is 16.8. The molecule has 28 heavy (non-hydrogen) atoms. The molecule has 0 bridgehead atoms. The lowest BCUT2D eigenvalue weighted by Gasteiger charge is -2.07. The van der Waals surface area contributed by atoms with Gasteiger partial charge in [-0.25, -0.2) is 15.0 Å². The number of hydrogen-bond acceptors (Lipinski definition) is 5. The van der Waals surface area contributed by atoms with Gasteiger partial charge in [0.05, 0.1) is 17.9 Å². The van der Waals surface area contributed by atoms with Crippen molar-refractivity contribution in [2.75, 3.05) is 0 Å². The Hall–Kier alpha value is -3.32. The third-order valence-electron chi connectivity index (χ3n) is 4.76. The molecule has 0 spiro atoms. The van der Waals surface area contributed by atoms with Gasteiger partial charge in [-0.05, 0) is 30.7 Å². The van der Waals surface area contributed by atoms with E-state index in [0.717, 1.165) is 39.9 Å². The molecule has 0 aliphatic rings. The van der Waals surface area contributed by atoms with Crippen LogP contribution in [0.15, 0.2) is 66.7 Å². The third kappa shape index (κ3) is 2.90. The molecule has 5 aromatic rings. The van der Waals surface area contributed by atoms with Gasteiger partial charge in [-0.1, -0.05) is 13.0 Å². The molecule has 0 aliphatic heterocycles. The predicted octanol–water partition coefficient (Wildman–Crippen LogP) is 4.33. The van der Waals surface area contributed by atoms with Gasteiger partial charge in [0, 0.05) is 47.6 Å². The van der Waals surface area contributed by atoms with Crippen LogP contribution >= 0.6 is 11.3 Å². The van der Waals surface area contributed by atoms with Crippen molar-refractivity contribution in [1.29, 1.82) is 0 Å². The van der Waals surface area contributed by atoms with E-state index < -0.39 is 0 Å². The van der Waals surface area contributed by atoms with Crippen molar-refractivity contribution >= 4 is 17.0 Å². The quantitative estimate of drug-likeness (QED) is 0.451. The fourth-order valence-corrected chi connectivity index (χ4v) is 4.11. The first-order chi connectivity index (χ1) is 13.8. The Morgan fingerprint density at radius 3 is 2.75 bits per heavy atom. The van der Waals surface area contributed by atoms with Gasteiger partial charge in [0.15, 0.2) is 10.8 Å². The van der Waals surface area contributed by atoms with Crippen molar-refractivity contribution in [1.82, 2.24) is 28.9 Å². The minimum atomic E-state index is 0.665. The van der Waals surface area contributed by atoms with Crippen LogP contribution in [0.4, 0.5) is 0 Å². The van der Waals surface area contributed by atoms with Gasteiger partial charge in [0.25, 0.3) is 0 Å². The fourth-order valence-electron chi connectivity index (χ4n) is 3.46. The molecule has 5 heterocycles. The SMILES string of the molecule is CCc1c(Cn2ccnc2-c2nccs2)nc2ccc(-c3ccccn3)cn12. The lowest BCUT2D eigenvalue weighted by Crippen LogP contribution is -2.04. The summed E-state index contributed by atoms with van der Waals surface area (Å²) in [6, 6.07) is 10.1. The van der Waals surface area contributed by atoms with Crippen molar-refractivity contribution in [3.05, 3.63) is 78.1 Å². The van der Waals surface area contributed by atoms with Crippen LogP contribution in [-0.4, -0.2) is 28.9 Å². The highest BCUT2D eigenvalue weighted by Crippen LogP contribution is 2.24. The van der Waals surface area contributed by atoms with E-state index in [2.05, 4.69) is 49.2 Å². The molecule has 5 rings (SSSR count). The molecule has 0 unspecified atom stereocenters. The van der Waals surface area contributed by atoms with Crippen LogP contribution in [0.3, 0.4) is 0 Å². The Morgan fingerprint density at radius 1 is 1.00 bits per heavy atom. The number of nitrogens with zero attached hydrogens (tertiary/aromatic N) is 6. The normalized spacial score (nSPS) is 11.3. The van der Waals surface area contributed by atoms with Crippen molar-refractivity contribution < 1.29 is 0 Å². The average molecular weight is 386 g/mol. The van der Waals surface area contributed by atoms with Crippen LogP contribution < -0.4 is 0 Å². The van der Waals surface area contributed by atoms with Crippen LogP contribution in [-0.2, 0) is 13.0 Å². The zero-order chi connectivity index (χ0) is 18.9. The van der Waals surface area contributed by atoms with E-state index in [-0.39, 0.29) is 0 Å². The first-order valence-corrected chi connectivity index (χ1v) is 10.0. The molecular formula is C21H18N6S. The largest absolute Gasteiger partial charge is 0.323 e. The highest BCUT2D eigenvalue weighted by molar-refractivity contribution is 7.13. The molecule has 0 saturated heterocycles. The van der Waals surface area contributed by atoms with Crippen molar-refractivity contribution in [3.63, 3.8) is 0 Å². The summed E-state index contributed by atoms with van der Waals surface area (Å²) in [6.45, 7) is 2.83. The summed E-state index contributed by atoms with van der Waals surface area (Å²) in [5.74, 6) is 0.878. The van der Waals surface area contributed by atoms with E-state index >= 15 is 0 Å². The fraction of sp³-hybridized carbons (Fsp3) is 0.143. The number of aromatic nitrogens is 6. The molecule has 0 atom stereocenters. The van der Waals surface area contributed by atoms with Crippen LogP contribution in [0, 0.1) is 0 Å². The summed E-state index contributed by atoms with van der Waals surface area (Å²) in [5, 5.41) is 2.89. The molecule has 0 aliphatic carbocycles. The van der Waals surface area contributed by atoms with E-state index in [0.29, 0.717) is 6.54 Å². The van der Waals surface area contributed by atoms with Gasteiger partial charge in [-0.15, -0.1) is 11.3 Å². The summed E-state index contributed by atoms with van der Waals surface area (Å²) in [6.07, 6.45) is 10.4. The zero-order valence-electron chi connectivity index (χ0n) is 15.4. The van der Waals surface area contributed by atoms with Gasteiger partial charge < -0.3 is 8.97 Å². The summed E-state index contributed by atoms with van der Waals surface area (Å²) < 4.78 is 4.29. The lowest BCUT2D eigenvalue weighted by molar-refractivity contribution is 0.772. The van der Waals surface area contributed by atoms with E-state index in [9.17, 15) is 0 Å². The molecule has 5 aromatic heterocycles. The lowest BCUT2D eigenvalue weighted by atomic mass is 10.2. The summed E-state index contributed by atoms with van der Waals surface area (Å²) in [7, 11) is 0. The van der Waals surface area contributed by atoms with Crippen molar-refractivity contribution in [3.8, 4) is 22.1 Å². The number of pyridine rings is 2. The number of aryl methyl sites for hydroxylation is 1. The third-order valence-corrected chi connectivity index (χ3v) is 5.52. The maximum atomic E-state index is 4.89. The topological polar surface area (TPSA) is 60.9 Å². The smallest absolute Gasteiger partial charge is 0.169 e. The van der Waals surface area contributed by atoms with E-state index in [1.165, 1.54) is 5.69 Å². The summed E-state index contributed by atoms with van der Waals surface area (Å²) in [5.41, 5.74) is 5.24. The van der Waals surface area contributed by atoms with Gasteiger partial charge in [0.1, 0.15) is 5.65 Å². The summed E-state index contributed by atoms with van der Waals surface area (Å²) in [4.78, 5) is 18.2. The van der Waals surface area contributed by atoms with Gasteiger partial charge in [-0.3, -0.25) is 4.98 Å². The maximum Gasteiger partial charge on any atom is 0.169 e. The number of thiazole rings is 1. The predicted molar refractivity (Wildman–Crippen MR) is 110 cm³/mol. The van der Waals surface area contributed by atoms with Crippen LogP contribution in [0.5, 0.6) is 0 Å². The minimum Gasteiger partial charge on any atom is -0.323 e. The highest BCUT2D eigenvalue weighted by Gasteiger charge is 2.15. The Labute approximate surface area is 166 Å². The van der Waals surface area contributed by atoms with Crippen LogP contribution in [0.1, 0.15) is 18.3 Å². The molecule has 6 nitrogen and oxygen atoms in total. The molecule has 7 heteroatoms. The monoisotopic (exact) mass is 386 g/mol. The Balaban J connectivity index is 1.57.